The molecule has 2 rings (SSSR count). The summed E-state index contributed by atoms with van der Waals surface area (Å²) in [5.74, 6) is -0.695. The van der Waals surface area contributed by atoms with Gasteiger partial charge in [-0.25, -0.2) is 13.2 Å². The summed E-state index contributed by atoms with van der Waals surface area (Å²) < 4.78 is 38.9. The van der Waals surface area contributed by atoms with E-state index in [9.17, 15) is 13.2 Å². The van der Waals surface area contributed by atoms with Crippen molar-refractivity contribution in [3.05, 3.63) is 34.1 Å². The topological polar surface area (TPSA) is 20.2 Å². The summed E-state index contributed by atoms with van der Waals surface area (Å²) in [6, 6.07) is 2.37. The van der Waals surface area contributed by atoms with Crippen molar-refractivity contribution in [1.82, 2.24) is 0 Å². The van der Waals surface area contributed by atoms with Crippen LogP contribution in [0.15, 0.2) is 12.1 Å². The van der Waals surface area contributed by atoms with Gasteiger partial charge in [-0.15, -0.1) is 0 Å². The molecule has 0 amide bonds. The fourth-order valence-electron chi connectivity index (χ4n) is 1.95. The van der Waals surface area contributed by atoms with E-state index in [0.29, 0.717) is 12.8 Å². The zero-order valence-electron chi connectivity index (χ0n) is 8.31. The van der Waals surface area contributed by atoms with Crippen molar-refractivity contribution in [2.24, 2.45) is 0 Å². The first kappa shape index (κ1) is 11.7. The second-order valence-electron chi connectivity index (χ2n) is 4.00. The maximum atomic E-state index is 13.1. The number of alkyl halides is 2. The minimum Gasteiger partial charge on any atom is -0.392 e. The lowest BCUT2D eigenvalue weighted by molar-refractivity contribution is 0.101. The van der Waals surface area contributed by atoms with E-state index in [2.05, 4.69) is 0 Å². The molecule has 1 nitrogen and oxygen atoms in total. The standard InChI is InChI=1S/C11H10ClF3O/c12-9-6(5-16)7(1-2-8(9)13)11(3-4-11)10(14)15/h1-2,10,16H,3-5H2. The predicted molar refractivity (Wildman–Crippen MR) is 54.2 cm³/mol. The molecular weight excluding hydrogens is 241 g/mol. The van der Waals surface area contributed by atoms with Crippen LogP contribution in [0, 0.1) is 5.82 Å². The van der Waals surface area contributed by atoms with Crippen LogP contribution in [-0.4, -0.2) is 11.5 Å². The average molecular weight is 251 g/mol. The van der Waals surface area contributed by atoms with Gasteiger partial charge in [0.25, 0.3) is 0 Å². The van der Waals surface area contributed by atoms with Crippen molar-refractivity contribution in [1.29, 1.82) is 0 Å². The van der Waals surface area contributed by atoms with Crippen LogP contribution >= 0.6 is 11.6 Å². The lowest BCUT2D eigenvalue weighted by Gasteiger charge is -2.19. The Hall–Kier alpha value is -0.740. The van der Waals surface area contributed by atoms with Crippen LogP contribution in [0.2, 0.25) is 5.02 Å². The minimum atomic E-state index is -2.51. The summed E-state index contributed by atoms with van der Waals surface area (Å²) in [7, 11) is 0. The molecule has 1 saturated carbocycles. The Morgan fingerprint density at radius 2 is 2.00 bits per heavy atom. The third-order valence-electron chi connectivity index (χ3n) is 3.10. The first-order valence-corrected chi connectivity index (χ1v) is 5.27. The third kappa shape index (κ3) is 1.60. The van der Waals surface area contributed by atoms with E-state index in [0.717, 1.165) is 6.07 Å². The van der Waals surface area contributed by atoms with Crippen LogP contribution in [0.25, 0.3) is 0 Å². The first-order valence-electron chi connectivity index (χ1n) is 4.89. The molecule has 0 bridgehead atoms. The SMILES string of the molecule is OCc1c(C2(C(F)F)CC2)ccc(F)c1Cl. The molecule has 1 N–H and O–H groups in total. The molecule has 0 radical (unpaired) electrons. The molecule has 0 unspecified atom stereocenters. The van der Waals surface area contributed by atoms with E-state index in [1.807, 2.05) is 0 Å². The number of benzene rings is 1. The number of halogens is 4. The van der Waals surface area contributed by atoms with Crippen LogP contribution in [0.4, 0.5) is 13.2 Å². The minimum absolute atomic E-state index is 0.0828. The molecule has 1 aromatic rings. The molecule has 0 saturated heterocycles. The molecular formula is C11H10ClF3O. The lowest BCUT2D eigenvalue weighted by atomic mass is 9.91. The maximum absolute atomic E-state index is 13.1. The Balaban J connectivity index is 2.54. The number of aliphatic hydroxyl groups is 1. The van der Waals surface area contributed by atoms with Gasteiger partial charge >= 0.3 is 0 Å². The van der Waals surface area contributed by atoms with Gasteiger partial charge in [0.1, 0.15) is 5.82 Å². The Kier molecular flexibility index (Phi) is 2.88. The number of aliphatic hydroxyl groups excluding tert-OH is 1. The van der Waals surface area contributed by atoms with Gasteiger partial charge in [0.05, 0.1) is 17.0 Å². The van der Waals surface area contributed by atoms with Crippen molar-refractivity contribution < 1.29 is 18.3 Å². The molecule has 88 valence electrons. The van der Waals surface area contributed by atoms with Gasteiger partial charge in [-0.05, 0) is 24.5 Å². The van der Waals surface area contributed by atoms with Gasteiger partial charge in [-0.2, -0.15) is 0 Å². The summed E-state index contributed by atoms with van der Waals surface area (Å²) in [5, 5.41) is 8.84. The van der Waals surface area contributed by atoms with Gasteiger partial charge in [0.2, 0.25) is 6.43 Å². The van der Waals surface area contributed by atoms with Crippen LogP contribution < -0.4 is 0 Å². The number of rotatable bonds is 3. The van der Waals surface area contributed by atoms with Crippen LogP contribution in [0.1, 0.15) is 24.0 Å². The van der Waals surface area contributed by atoms with Crippen molar-refractivity contribution in [2.75, 3.05) is 0 Å². The second kappa shape index (κ2) is 3.93. The predicted octanol–water partition coefficient (Wildman–Crippen LogP) is 3.27. The molecule has 5 heteroatoms. The molecule has 1 aliphatic rings. The quantitative estimate of drug-likeness (QED) is 0.873. The van der Waals surface area contributed by atoms with E-state index in [1.165, 1.54) is 6.07 Å². The fourth-order valence-corrected chi connectivity index (χ4v) is 2.18. The Labute approximate surface area is 95.8 Å². The van der Waals surface area contributed by atoms with E-state index in [4.69, 9.17) is 16.7 Å². The molecule has 1 fully saturated rings. The number of hydrogen-bond acceptors (Lipinski definition) is 1. The van der Waals surface area contributed by atoms with Crippen molar-refractivity contribution >= 4 is 11.6 Å². The van der Waals surface area contributed by atoms with E-state index in [1.54, 1.807) is 0 Å². The van der Waals surface area contributed by atoms with Crippen molar-refractivity contribution in [3.63, 3.8) is 0 Å². The molecule has 1 aliphatic carbocycles. The van der Waals surface area contributed by atoms with E-state index >= 15 is 0 Å². The molecule has 0 spiro atoms. The maximum Gasteiger partial charge on any atom is 0.248 e. The van der Waals surface area contributed by atoms with Crippen molar-refractivity contribution in [2.45, 2.75) is 31.3 Å². The molecule has 0 aliphatic heterocycles. The highest BCUT2D eigenvalue weighted by Gasteiger charge is 2.53. The van der Waals surface area contributed by atoms with Gasteiger partial charge in [-0.1, -0.05) is 17.7 Å². The molecule has 0 aromatic heterocycles. The summed E-state index contributed by atoms with van der Waals surface area (Å²) in [5.41, 5.74) is -0.869. The lowest BCUT2D eigenvalue weighted by Crippen LogP contribution is -2.20. The average Bonchev–Trinajstić information content (AvgIpc) is 3.02. The first-order chi connectivity index (χ1) is 7.53. The molecule has 16 heavy (non-hydrogen) atoms. The Morgan fingerprint density at radius 3 is 2.44 bits per heavy atom. The zero-order chi connectivity index (χ0) is 11.9. The Bertz CT molecular complexity index is 416. The van der Waals surface area contributed by atoms with Gasteiger partial charge in [-0.3, -0.25) is 0 Å². The fraction of sp³-hybridized carbons (Fsp3) is 0.455. The van der Waals surface area contributed by atoms with Gasteiger partial charge in [0, 0.05) is 5.56 Å². The molecule has 0 atom stereocenters. The van der Waals surface area contributed by atoms with E-state index < -0.39 is 24.3 Å². The van der Waals surface area contributed by atoms with Crippen LogP contribution in [0.5, 0.6) is 0 Å². The smallest absolute Gasteiger partial charge is 0.248 e. The van der Waals surface area contributed by atoms with Crippen LogP contribution in [0.3, 0.4) is 0 Å². The van der Waals surface area contributed by atoms with Gasteiger partial charge < -0.3 is 5.11 Å². The number of hydrogen-bond donors (Lipinski definition) is 1. The molecule has 1 aromatic carbocycles. The highest BCUT2D eigenvalue weighted by molar-refractivity contribution is 6.31. The van der Waals surface area contributed by atoms with E-state index in [-0.39, 0.29) is 16.1 Å². The zero-order valence-corrected chi connectivity index (χ0v) is 9.07. The van der Waals surface area contributed by atoms with Crippen molar-refractivity contribution in [3.8, 4) is 0 Å². The highest BCUT2D eigenvalue weighted by Crippen LogP contribution is 2.54. The summed E-state index contributed by atoms with van der Waals surface area (Å²) in [6.45, 7) is -0.527. The summed E-state index contributed by atoms with van der Waals surface area (Å²) in [4.78, 5) is 0. The highest BCUT2D eigenvalue weighted by atomic mass is 35.5. The largest absolute Gasteiger partial charge is 0.392 e. The normalized spacial score (nSPS) is 17.9. The summed E-state index contributed by atoms with van der Waals surface area (Å²) >= 11 is 5.66. The second-order valence-corrected chi connectivity index (χ2v) is 4.38. The molecule has 0 heterocycles. The van der Waals surface area contributed by atoms with Crippen LogP contribution in [-0.2, 0) is 12.0 Å². The van der Waals surface area contributed by atoms with Gasteiger partial charge in [0.15, 0.2) is 0 Å². The third-order valence-corrected chi connectivity index (χ3v) is 3.51. The Morgan fingerprint density at radius 1 is 1.38 bits per heavy atom. The summed E-state index contributed by atoms with van der Waals surface area (Å²) in [6.07, 6.45) is -1.82. The monoisotopic (exact) mass is 250 g/mol.